The van der Waals surface area contributed by atoms with Crippen LogP contribution in [0.3, 0.4) is 0 Å². The van der Waals surface area contributed by atoms with Gasteiger partial charge in [0.05, 0.1) is 55.5 Å². The fourth-order valence-electron chi connectivity index (χ4n) is 14.4. The van der Waals surface area contributed by atoms with Crippen molar-refractivity contribution in [2.75, 3.05) is 66.3 Å². The number of nitrogens with two attached hydrogens (primary N) is 1. The molecule has 2 saturated heterocycles. The summed E-state index contributed by atoms with van der Waals surface area (Å²) < 4.78 is 48.8. The number of aliphatic hydroxyl groups is 6. The predicted octanol–water partition coefficient (Wildman–Crippen LogP) is -0.433. The molecule has 540 valence electrons. The molecule has 12 atom stereocenters. The summed E-state index contributed by atoms with van der Waals surface area (Å²) in [6.07, 6.45) is 3.79. The predicted molar refractivity (Wildman–Crippen MR) is 353 cm³/mol. The first-order chi connectivity index (χ1) is 46.3. The van der Waals surface area contributed by atoms with Gasteiger partial charge in [-0.15, -0.1) is 10.2 Å². The van der Waals surface area contributed by atoms with Gasteiger partial charge in [-0.25, -0.2) is 0 Å². The maximum absolute atomic E-state index is 14.7. The topological polar surface area (TPSA) is 457 Å². The van der Waals surface area contributed by atoms with Crippen molar-refractivity contribution in [1.82, 2.24) is 51.9 Å². The lowest BCUT2D eigenvalue weighted by Crippen LogP contribution is -2.63. The minimum atomic E-state index is -5.19. The molecular formula is C65H99N11O19S2. The van der Waals surface area contributed by atoms with Crippen LogP contribution in [0, 0.1) is 17.8 Å². The number of rotatable bonds is 34. The van der Waals surface area contributed by atoms with E-state index >= 15 is 0 Å². The van der Waals surface area contributed by atoms with Crippen molar-refractivity contribution in [1.29, 1.82) is 0 Å². The summed E-state index contributed by atoms with van der Waals surface area (Å²) in [6, 6.07) is 3.12. The summed E-state index contributed by atoms with van der Waals surface area (Å²) in [4.78, 5) is 85.9. The number of hydrogen-bond donors (Lipinski definition) is 15. The van der Waals surface area contributed by atoms with Gasteiger partial charge in [-0.1, -0.05) is 67.9 Å². The van der Waals surface area contributed by atoms with Crippen molar-refractivity contribution in [2.45, 2.75) is 201 Å². The highest BCUT2D eigenvalue weighted by atomic mass is 32.3. The summed E-state index contributed by atoms with van der Waals surface area (Å²) in [5, 5.41) is 104. The second kappa shape index (κ2) is 35.8. The number of carbonyl (C=O) groups is 6. The molecule has 2 aromatic carbocycles. The standard InChI is InChI=1S/C65H99N11O19S2/c1-37-31-75(33-52(37)83)63(88)57(53(84)34-94-36-67-24-23-66)72-60(87)56(51(82)25-40-11-18-50(81)54(26-40)95-97(90,91)92)71-59(86)49-28-47(80)32-76(49)64(89)55(38(2)78)70-58(85)48(27-46(79)30-68-35-77)69-29-39-9-12-43(13-10-39)61-73-74-62(96-61)44-16-14-41(15-17-44)42-19-21-65(93-3,22-20-42)45-7-5-4-6-8-45/h11,14-18,26,35,37-39,42-43,45-49,51-53,55-57,67,69,78-84H,4-10,12-13,19-25,27-34,36,66H2,1-3H3,(H,68,77)(H,70,85)(H,71,86)(H,72,87)(H,90,91,92)/t37-,38+,39-,42?,43-,46+,47+,48-,49-,51+,52+,53+,55-,56-,57-,65?/m0/s1. The van der Waals surface area contributed by atoms with Gasteiger partial charge in [0.2, 0.25) is 35.9 Å². The van der Waals surface area contributed by atoms with E-state index in [0.29, 0.717) is 31.3 Å². The van der Waals surface area contributed by atoms with E-state index in [4.69, 9.17) is 15.2 Å². The molecule has 3 heterocycles. The summed E-state index contributed by atoms with van der Waals surface area (Å²) in [7, 11) is -3.30. The second-order valence-corrected chi connectivity index (χ2v) is 28.9. The van der Waals surface area contributed by atoms with Gasteiger partial charge in [0.25, 0.3) is 0 Å². The van der Waals surface area contributed by atoms with Gasteiger partial charge in [-0.3, -0.25) is 38.6 Å². The molecule has 0 radical (unpaired) electrons. The van der Waals surface area contributed by atoms with Crippen LogP contribution in [-0.4, -0.2) is 243 Å². The van der Waals surface area contributed by atoms with Gasteiger partial charge in [0.1, 0.15) is 40.3 Å². The third-order valence-electron chi connectivity index (χ3n) is 20.0. The van der Waals surface area contributed by atoms with Crippen LogP contribution in [0.15, 0.2) is 42.5 Å². The van der Waals surface area contributed by atoms with Crippen molar-refractivity contribution in [3.8, 4) is 22.1 Å². The second-order valence-electron chi connectivity index (χ2n) is 26.9. The highest BCUT2D eigenvalue weighted by Gasteiger charge is 2.47. The fraction of sp³-hybridized carbons (Fsp3) is 0.692. The summed E-state index contributed by atoms with van der Waals surface area (Å²) in [5.74, 6) is -5.85. The van der Waals surface area contributed by atoms with Gasteiger partial charge < -0.3 is 91.5 Å². The van der Waals surface area contributed by atoms with Gasteiger partial charge in [-0.2, -0.15) is 8.42 Å². The Kier molecular flexibility index (Phi) is 28.3. The summed E-state index contributed by atoms with van der Waals surface area (Å²) in [6.45, 7) is 2.14. The number of amides is 6. The van der Waals surface area contributed by atoms with Crippen LogP contribution in [0.5, 0.6) is 11.5 Å². The van der Waals surface area contributed by atoms with E-state index in [-0.39, 0.29) is 62.3 Å². The minimum Gasteiger partial charge on any atom is -0.504 e. The van der Waals surface area contributed by atoms with E-state index < -0.39 is 150 Å². The van der Waals surface area contributed by atoms with Gasteiger partial charge in [0, 0.05) is 76.6 Å². The molecular weight excluding hydrogens is 1300 g/mol. The van der Waals surface area contributed by atoms with Crippen molar-refractivity contribution in [3.63, 3.8) is 0 Å². The van der Waals surface area contributed by atoms with Gasteiger partial charge >= 0.3 is 10.4 Å². The lowest BCUT2D eigenvalue weighted by Gasteiger charge is -2.46. The molecule has 30 nitrogen and oxygen atoms in total. The Morgan fingerprint density at radius 3 is 2.18 bits per heavy atom. The fourth-order valence-corrected chi connectivity index (χ4v) is 15.7. The third-order valence-corrected chi connectivity index (χ3v) is 21.5. The minimum absolute atomic E-state index is 0.00127. The molecule has 97 heavy (non-hydrogen) atoms. The molecule has 1 aromatic heterocycles. The number of hydrogen-bond acceptors (Lipinski definition) is 24. The van der Waals surface area contributed by atoms with Crippen LogP contribution in [-0.2, 0) is 55.1 Å². The maximum Gasteiger partial charge on any atom is 0.446 e. The number of ether oxygens (including phenoxy) is 2. The Morgan fingerprint density at radius 2 is 1.54 bits per heavy atom. The van der Waals surface area contributed by atoms with Crippen molar-refractivity contribution in [2.24, 2.45) is 23.5 Å². The highest BCUT2D eigenvalue weighted by Crippen LogP contribution is 2.48. The Bertz CT molecular complexity index is 3180. The first-order valence-electron chi connectivity index (χ1n) is 33.8. The van der Waals surface area contributed by atoms with Crippen LogP contribution < -0.4 is 41.8 Å². The first-order valence-corrected chi connectivity index (χ1v) is 35.9. The van der Waals surface area contributed by atoms with Crippen LogP contribution in [0.25, 0.3) is 10.6 Å². The smallest absolute Gasteiger partial charge is 0.446 e. The van der Waals surface area contributed by atoms with Crippen LogP contribution >= 0.6 is 11.3 Å². The number of nitrogens with one attached hydrogen (secondary N) is 6. The number of likely N-dealkylation sites (tertiary alicyclic amines) is 2. The number of β-amino-alcohol motifs (C(OH)–C–C–N with tert-alkyl or cyclic N) is 2. The molecule has 3 aromatic rings. The zero-order chi connectivity index (χ0) is 70.1. The molecule has 8 rings (SSSR count). The Morgan fingerprint density at radius 1 is 0.835 bits per heavy atom. The molecule has 2 aliphatic heterocycles. The Hall–Kier alpha value is -6.11. The number of phenols is 1. The van der Waals surface area contributed by atoms with E-state index in [9.17, 15) is 77.5 Å². The number of carbonyl (C=O) groups excluding carboxylic acids is 6. The van der Waals surface area contributed by atoms with Crippen molar-refractivity contribution >= 4 is 57.7 Å². The number of nitrogens with zero attached hydrogens (tertiary/aromatic N) is 4. The molecule has 5 fully saturated rings. The Labute approximate surface area is 569 Å². The van der Waals surface area contributed by atoms with Crippen LogP contribution in [0.2, 0.25) is 0 Å². The average molecular weight is 1400 g/mol. The molecule has 6 amide bonds. The Balaban J connectivity index is 0.922. The van der Waals surface area contributed by atoms with E-state index in [0.717, 1.165) is 84.0 Å². The zero-order valence-corrected chi connectivity index (χ0v) is 56.9. The third kappa shape index (κ3) is 21.0. The zero-order valence-electron chi connectivity index (χ0n) is 55.3. The molecule has 32 heteroatoms. The number of methoxy groups -OCH3 is 1. The maximum atomic E-state index is 14.7. The summed E-state index contributed by atoms with van der Waals surface area (Å²) >= 11 is 1.58. The normalized spacial score (nSPS) is 25.8. The lowest BCUT2D eigenvalue weighted by molar-refractivity contribution is -0.146. The van der Waals surface area contributed by atoms with Gasteiger partial charge in [0.15, 0.2) is 11.5 Å². The molecule has 3 aliphatic carbocycles. The average Bonchev–Trinajstić information content (AvgIpc) is 1.49. The SMILES string of the molecule is COC1(C2CCCCC2)CCC(c2ccc(-c3nnc([C@H]4CC[C@H](CN[C@@H](C[C@@H](O)CNC=O)C(=O)N[C@H](C(=O)N5C[C@H](O)C[C@H]5C(=O)N[C@H](C(=O)N[C@H](C(=O)N5C[C@@H](O)[C@@H](C)C5)[C@H](O)COCNCCN)[C@H](O)Cc5ccc(O)c(OS(=O)(=O)O)c5)[C@@H](C)O)CC4)s3)cc2)CC1. The number of aromatic nitrogens is 2. The summed E-state index contributed by atoms with van der Waals surface area (Å²) in [5.41, 5.74) is 7.84. The molecule has 16 N–H and O–H groups in total. The van der Waals surface area contributed by atoms with Crippen molar-refractivity contribution < 1.29 is 91.1 Å². The molecule has 5 aliphatic rings. The monoisotopic (exact) mass is 1400 g/mol. The quantitative estimate of drug-likeness (QED) is 0.0156. The van der Waals surface area contributed by atoms with Gasteiger partial charge in [-0.05, 0) is 125 Å². The molecule has 0 unspecified atom stereocenters. The number of aliphatic hydroxyl groups excluding tert-OH is 6. The van der Waals surface area contributed by atoms with E-state index in [1.165, 1.54) is 55.6 Å². The number of phenolic OH excluding ortho intramolecular Hbond substituents is 1. The number of benzene rings is 2. The lowest BCUT2D eigenvalue weighted by atomic mass is 9.66. The van der Waals surface area contributed by atoms with Crippen LogP contribution in [0.4, 0.5) is 0 Å². The van der Waals surface area contributed by atoms with E-state index in [2.05, 4.69) is 70.5 Å². The molecule has 0 spiro atoms. The van der Waals surface area contributed by atoms with Crippen LogP contribution in [0.1, 0.15) is 138 Å². The largest absolute Gasteiger partial charge is 0.504 e. The highest BCUT2D eigenvalue weighted by molar-refractivity contribution is 7.81. The number of aromatic hydroxyl groups is 1. The van der Waals surface area contributed by atoms with E-state index in [1.54, 1.807) is 18.3 Å². The molecule has 3 saturated carbocycles. The molecule has 0 bridgehead atoms. The van der Waals surface area contributed by atoms with E-state index in [1.807, 2.05) is 7.11 Å². The van der Waals surface area contributed by atoms with Crippen molar-refractivity contribution in [3.05, 3.63) is 58.6 Å². The first kappa shape index (κ1) is 76.6.